The molecule has 2 aromatic carbocycles. The highest BCUT2D eigenvalue weighted by Crippen LogP contribution is 2.50. The average molecular weight is 605 g/mol. The highest BCUT2D eigenvalue weighted by molar-refractivity contribution is 5.88. The van der Waals surface area contributed by atoms with Crippen molar-refractivity contribution in [3.05, 3.63) is 59.3 Å². The van der Waals surface area contributed by atoms with Crippen LogP contribution in [0.1, 0.15) is 56.0 Å². The molecule has 0 bridgehead atoms. The first kappa shape index (κ1) is 31.4. The molecule has 236 valence electrons. The Kier molecular flexibility index (Phi) is 9.53. The number of hydrogen-bond acceptors (Lipinski definition) is 8. The van der Waals surface area contributed by atoms with Gasteiger partial charge in [0, 0.05) is 43.4 Å². The van der Waals surface area contributed by atoms with Crippen LogP contribution in [0, 0.1) is 17.8 Å². The van der Waals surface area contributed by atoms with Crippen LogP contribution >= 0.6 is 0 Å². The molecule has 3 aromatic rings. The Morgan fingerprint density at radius 2 is 1.80 bits per heavy atom. The van der Waals surface area contributed by atoms with E-state index in [9.17, 15) is 14.7 Å². The molecule has 9 heteroatoms. The van der Waals surface area contributed by atoms with Gasteiger partial charge in [0.2, 0.25) is 0 Å². The fourth-order valence-electron chi connectivity index (χ4n) is 7.60. The number of methoxy groups -OCH3 is 3. The molecule has 3 aliphatic rings. The van der Waals surface area contributed by atoms with Crippen LogP contribution in [0.5, 0.6) is 17.2 Å². The molecule has 0 unspecified atom stereocenters. The molecule has 2 aliphatic heterocycles. The Bertz CT molecular complexity index is 1540. The second-order valence-corrected chi connectivity index (χ2v) is 11.7. The quantitative estimate of drug-likeness (QED) is 0.284. The number of aromatic nitrogens is 1. The lowest BCUT2D eigenvalue weighted by Crippen LogP contribution is -2.52. The zero-order valence-electron chi connectivity index (χ0n) is 26.5. The molecule has 1 aliphatic carbocycles. The molecule has 3 heterocycles. The highest BCUT2D eigenvalue weighted by Gasteiger charge is 2.49. The average Bonchev–Trinajstić information content (AvgIpc) is 3.34. The molecule has 1 N–H and O–H groups in total. The van der Waals surface area contributed by atoms with Gasteiger partial charge in [-0.3, -0.25) is 9.69 Å². The van der Waals surface area contributed by atoms with E-state index in [2.05, 4.69) is 28.6 Å². The number of esters is 2. The first-order chi connectivity index (χ1) is 21.3. The van der Waals surface area contributed by atoms with Gasteiger partial charge >= 0.3 is 11.9 Å². The minimum atomic E-state index is -0.462. The van der Waals surface area contributed by atoms with Gasteiger partial charge in [-0.1, -0.05) is 19.9 Å². The Morgan fingerprint density at radius 3 is 2.52 bits per heavy atom. The summed E-state index contributed by atoms with van der Waals surface area (Å²) in [6, 6.07) is 11.4. The van der Waals surface area contributed by atoms with Crippen molar-refractivity contribution in [1.29, 1.82) is 0 Å². The zero-order chi connectivity index (χ0) is 31.5. The van der Waals surface area contributed by atoms with E-state index in [1.165, 1.54) is 48.5 Å². The van der Waals surface area contributed by atoms with Crippen molar-refractivity contribution in [1.82, 2.24) is 9.47 Å². The first-order valence-electron chi connectivity index (χ1n) is 15.5. The summed E-state index contributed by atoms with van der Waals surface area (Å²) in [4.78, 5) is 28.5. The summed E-state index contributed by atoms with van der Waals surface area (Å²) in [5.74, 6) is 0.541. The van der Waals surface area contributed by atoms with E-state index in [4.69, 9.17) is 18.9 Å². The number of aromatic hydroxyl groups is 1. The summed E-state index contributed by atoms with van der Waals surface area (Å²) in [5.41, 5.74) is 4.59. The molecule has 1 saturated heterocycles. The maximum Gasteiger partial charge on any atom is 0.331 e. The molecular formula is C35H44N2O7. The zero-order valence-corrected chi connectivity index (χ0v) is 26.5. The molecule has 9 nitrogen and oxygen atoms in total. The van der Waals surface area contributed by atoms with E-state index in [-0.39, 0.29) is 41.6 Å². The van der Waals surface area contributed by atoms with Crippen LogP contribution in [0.3, 0.4) is 0 Å². The Labute approximate surface area is 259 Å². The van der Waals surface area contributed by atoms with Crippen molar-refractivity contribution in [2.24, 2.45) is 24.8 Å². The third-order valence-corrected chi connectivity index (χ3v) is 9.54. The molecule has 5 atom stereocenters. The predicted molar refractivity (Wildman–Crippen MR) is 169 cm³/mol. The Morgan fingerprint density at radius 1 is 1.00 bits per heavy atom. The Hall–Kier alpha value is -3.98. The number of rotatable bonds is 6. The number of ether oxygens (including phenoxy) is 4. The van der Waals surface area contributed by atoms with Gasteiger partial charge in [-0.05, 0) is 79.0 Å². The van der Waals surface area contributed by atoms with E-state index in [0.717, 1.165) is 31.7 Å². The lowest BCUT2D eigenvalue weighted by atomic mass is 9.65. The molecule has 1 aromatic heterocycles. The van der Waals surface area contributed by atoms with Crippen LogP contribution in [0.25, 0.3) is 17.0 Å². The van der Waals surface area contributed by atoms with Gasteiger partial charge in [0.15, 0.2) is 11.5 Å². The lowest BCUT2D eigenvalue weighted by molar-refractivity contribution is -0.163. The topological polar surface area (TPSA) is 99.5 Å². The van der Waals surface area contributed by atoms with Gasteiger partial charge in [-0.25, -0.2) is 4.79 Å². The van der Waals surface area contributed by atoms with Crippen molar-refractivity contribution in [3.63, 3.8) is 0 Å². The highest BCUT2D eigenvalue weighted by atomic mass is 16.5. The molecular weight excluding hydrogens is 560 g/mol. The van der Waals surface area contributed by atoms with E-state index in [0.29, 0.717) is 24.2 Å². The summed E-state index contributed by atoms with van der Waals surface area (Å²) in [6.07, 6.45) is 5.64. The summed E-state index contributed by atoms with van der Waals surface area (Å²) >= 11 is 0. The number of phenols is 1. The maximum absolute atomic E-state index is 13.1. The van der Waals surface area contributed by atoms with Crippen LogP contribution in [-0.4, -0.2) is 67.0 Å². The summed E-state index contributed by atoms with van der Waals surface area (Å²) in [7, 11) is 6.73. The summed E-state index contributed by atoms with van der Waals surface area (Å²) < 4.78 is 24.1. The first-order valence-corrected chi connectivity index (χ1v) is 15.5. The van der Waals surface area contributed by atoms with E-state index >= 15 is 0 Å². The standard InChI is InChI=1S/C33H38N2O7.C2H6/c1-34-27-16-21(39-2)7-8-23(27)24-11-12-35-18-20-14-22(15-26(33(38)41-4)25(20)17-28(35)32(24)34)42-31(37)10-6-19-5-9-29(36)30(13-19)40-3;1-2/h5-10,13,16,20,22,25-26,28,36H,11-12,14-15,17-18H2,1-4H3;1-2H3/b10-6+;/t20-,22-,25+,26-,28-;/m1./s1. The van der Waals surface area contributed by atoms with Crippen molar-refractivity contribution in [2.75, 3.05) is 34.4 Å². The van der Waals surface area contributed by atoms with Crippen molar-refractivity contribution in [3.8, 4) is 17.2 Å². The fraction of sp³-hybridized carbons (Fsp3) is 0.486. The van der Waals surface area contributed by atoms with Gasteiger partial charge in [-0.15, -0.1) is 0 Å². The normalized spacial score (nSPS) is 24.4. The van der Waals surface area contributed by atoms with Crippen LogP contribution in [-0.2, 0) is 32.5 Å². The van der Waals surface area contributed by atoms with E-state index < -0.39 is 5.97 Å². The number of nitrogens with zero attached hydrogens (tertiary/aromatic N) is 2. The van der Waals surface area contributed by atoms with Gasteiger partial charge in [0.05, 0.1) is 38.8 Å². The summed E-state index contributed by atoms with van der Waals surface area (Å²) in [6.45, 7) is 5.81. The minimum absolute atomic E-state index is 0.0307. The number of benzene rings is 2. The molecule has 0 radical (unpaired) electrons. The number of fused-ring (bicyclic) bond motifs is 6. The monoisotopic (exact) mass is 604 g/mol. The van der Waals surface area contributed by atoms with E-state index in [1.807, 2.05) is 19.9 Å². The molecule has 6 rings (SSSR count). The number of aryl methyl sites for hydroxylation is 1. The van der Waals surface area contributed by atoms with Crippen molar-refractivity contribution in [2.45, 2.75) is 51.7 Å². The van der Waals surface area contributed by atoms with E-state index in [1.54, 1.807) is 25.3 Å². The number of carbonyl (C=O) groups excluding carboxylic acids is 2. The van der Waals surface area contributed by atoms with Gasteiger partial charge in [-0.2, -0.15) is 0 Å². The largest absolute Gasteiger partial charge is 0.504 e. The van der Waals surface area contributed by atoms with Gasteiger partial charge < -0.3 is 28.6 Å². The van der Waals surface area contributed by atoms with Crippen LogP contribution < -0.4 is 9.47 Å². The Balaban J connectivity index is 0.00000188. The number of phenolic OH excluding ortho intramolecular Hbond substituents is 1. The van der Waals surface area contributed by atoms with Crippen molar-refractivity contribution >= 4 is 28.9 Å². The fourth-order valence-corrected chi connectivity index (χ4v) is 7.60. The number of hydrogen-bond donors (Lipinski definition) is 1. The number of carbonyl (C=O) groups is 2. The minimum Gasteiger partial charge on any atom is -0.504 e. The lowest BCUT2D eigenvalue weighted by Gasteiger charge is -2.51. The molecule has 0 spiro atoms. The predicted octanol–water partition coefficient (Wildman–Crippen LogP) is 5.67. The second kappa shape index (κ2) is 13.3. The molecule has 2 fully saturated rings. The van der Waals surface area contributed by atoms with Crippen LogP contribution in [0.4, 0.5) is 0 Å². The molecule has 0 amide bonds. The third kappa shape index (κ3) is 5.89. The number of piperidine rings is 1. The van der Waals surface area contributed by atoms with Crippen LogP contribution in [0.15, 0.2) is 42.5 Å². The summed E-state index contributed by atoms with van der Waals surface area (Å²) in [5, 5.41) is 11.1. The third-order valence-electron chi connectivity index (χ3n) is 9.54. The van der Waals surface area contributed by atoms with Gasteiger partial charge in [0.1, 0.15) is 11.9 Å². The van der Waals surface area contributed by atoms with Gasteiger partial charge in [0.25, 0.3) is 0 Å². The van der Waals surface area contributed by atoms with Crippen molar-refractivity contribution < 1.29 is 33.6 Å². The van der Waals surface area contributed by atoms with Crippen LogP contribution in [0.2, 0.25) is 0 Å². The molecule has 44 heavy (non-hydrogen) atoms. The SMILES string of the molecule is CC.COC(=O)[C@@H]1C[C@H](OC(=O)/C=C/c2ccc(O)c(OC)c2)C[C@@H]2CN3CCc4c(n(C)c5cc(OC)ccc45)[C@H]3C[C@@H]21. The molecule has 1 saturated carbocycles. The second-order valence-electron chi connectivity index (χ2n) is 11.7. The smallest absolute Gasteiger partial charge is 0.331 e. The maximum atomic E-state index is 13.1.